The molecule has 0 spiro atoms. The molecule has 0 saturated carbocycles. The average Bonchev–Trinajstić information content (AvgIpc) is 3.08. The van der Waals surface area contributed by atoms with Gasteiger partial charge in [-0.1, -0.05) is 0 Å². The third-order valence-corrected chi connectivity index (χ3v) is 3.56. The quantitative estimate of drug-likeness (QED) is 0.238. The van der Waals surface area contributed by atoms with Crippen LogP contribution in [0.25, 0.3) is 0 Å². The first-order chi connectivity index (χ1) is 11.8. The maximum atomic E-state index is 11.7. The molecule has 1 fully saturated rings. The molecule has 2 atom stereocenters. The number of aliphatic carboxylic acids is 1. The van der Waals surface area contributed by atoms with Gasteiger partial charge in [-0.3, -0.25) is 19.2 Å². The lowest BCUT2D eigenvalue weighted by Crippen LogP contribution is -2.48. The normalized spacial score (nSPS) is 17.4. The van der Waals surface area contributed by atoms with Crippen molar-refractivity contribution in [1.82, 2.24) is 21.3 Å². The summed E-state index contributed by atoms with van der Waals surface area (Å²) in [7, 11) is 0. The number of amides is 4. The van der Waals surface area contributed by atoms with Crippen LogP contribution in [-0.2, 0) is 24.0 Å². The predicted molar refractivity (Wildman–Crippen MR) is 85.0 cm³/mol. The molecule has 11 nitrogen and oxygen atoms in total. The highest BCUT2D eigenvalue weighted by Gasteiger charge is 2.23. The number of carbonyl (C=O) groups is 5. The molecule has 7 N–H and O–H groups in total. The van der Waals surface area contributed by atoms with Crippen LogP contribution >= 0.6 is 0 Å². The van der Waals surface area contributed by atoms with Gasteiger partial charge in [-0.05, 0) is 25.8 Å². The van der Waals surface area contributed by atoms with Crippen molar-refractivity contribution in [2.24, 2.45) is 5.73 Å². The van der Waals surface area contributed by atoms with Gasteiger partial charge >= 0.3 is 5.97 Å². The largest absolute Gasteiger partial charge is 0.480 e. The van der Waals surface area contributed by atoms with Gasteiger partial charge in [0.25, 0.3) is 0 Å². The lowest BCUT2D eigenvalue weighted by molar-refractivity contribution is -0.142. The first-order valence-electron chi connectivity index (χ1n) is 7.88. The maximum Gasteiger partial charge on any atom is 0.326 e. The summed E-state index contributed by atoms with van der Waals surface area (Å²) in [6.07, 6.45) is 1.27. The van der Waals surface area contributed by atoms with Crippen molar-refractivity contribution in [2.45, 2.75) is 37.8 Å². The Bertz CT molecular complexity index is 532. The molecule has 1 rings (SSSR count). The zero-order chi connectivity index (χ0) is 18.8. The van der Waals surface area contributed by atoms with E-state index in [0.717, 1.165) is 13.0 Å². The Hall–Kier alpha value is -2.69. The Morgan fingerprint density at radius 3 is 2.36 bits per heavy atom. The maximum absolute atomic E-state index is 11.7. The Kier molecular flexibility index (Phi) is 8.33. The smallest absolute Gasteiger partial charge is 0.326 e. The molecule has 140 valence electrons. The van der Waals surface area contributed by atoms with E-state index in [4.69, 9.17) is 10.8 Å². The van der Waals surface area contributed by atoms with Gasteiger partial charge in [0, 0.05) is 6.42 Å². The predicted octanol–water partition coefficient (Wildman–Crippen LogP) is -3.19. The second kappa shape index (κ2) is 10.2. The molecule has 0 aromatic carbocycles. The summed E-state index contributed by atoms with van der Waals surface area (Å²) in [4.78, 5) is 56.6. The van der Waals surface area contributed by atoms with Gasteiger partial charge in [0.05, 0.1) is 19.1 Å². The third-order valence-electron chi connectivity index (χ3n) is 3.56. The monoisotopic (exact) mass is 357 g/mol. The molecule has 25 heavy (non-hydrogen) atoms. The lowest BCUT2D eigenvalue weighted by atomic mass is 10.1. The number of hydrogen-bond acceptors (Lipinski definition) is 6. The SMILES string of the molecule is NC(=O)CCC(NC(=O)CNC(=O)CNC(=O)C1CCCN1)C(=O)O. The van der Waals surface area contributed by atoms with E-state index in [0.29, 0.717) is 6.42 Å². The molecule has 1 saturated heterocycles. The fraction of sp³-hybridized carbons (Fsp3) is 0.643. The average molecular weight is 357 g/mol. The van der Waals surface area contributed by atoms with Gasteiger partial charge in [-0.2, -0.15) is 0 Å². The summed E-state index contributed by atoms with van der Waals surface area (Å²) in [6.45, 7) is 0.0238. The second-order valence-electron chi connectivity index (χ2n) is 5.61. The van der Waals surface area contributed by atoms with E-state index in [1.807, 2.05) is 0 Å². The first-order valence-corrected chi connectivity index (χ1v) is 7.88. The Labute approximate surface area is 144 Å². The molecule has 1 heterocycles. The molecule has 0 aliphatic carbocycles. The van der Waals surface area contributed by atoms with Gasteiger partial charge in [0.2, 0.25) is 23.6 Å². The molecule has 4 amide bonds. The second-order valence-corrected chi connectivity index (χ2v) is 5.61. The summed E-state index contributed by atoms with van der Waals surface area (Å²) in [5, 5.41) is 18.8. The van der Waals surface area contributed by atoms with Crippen molar-refractivity contribution in [1.29, 1.82) is 0 Å². The third kappa shape index (κ3) is 8.11. The van der Waals surface area contributed by atoms with Crippen LogP contribution in [0.15, 0.2) is 0 Å². The van der Waals surface area contributed by atoms with Crippen LogP contribution in [0.3, 0.4) is 0 Å². The van der Waals surface area contributed by atoms with Gasteiger partial charge in [-0.15, -0.1) is 0 Å². The molecular weight excluding hydrogens is 334 g/mol. The van der Waals surface area contributed by atoms with Crippen LogP contribution in [0.4, 0.5) is 0 Å². The molecule has 0 aromatic heterocycles. The van der Waals surface area contributed by atoms with E-state index in [9.17, 15) is 24.0 Å². The van der Waals surface area contributed by atoms with Crippen molar-refractivity contribution in [3.63, 3.8) is 0 Å². The van der Waals surface area contributed by atoms with Crippen LogP contribution in [-0.4, -0.2) is 66.4 Å². The van der Waals surface area contributed by atoms with Crippen LogP contribution in [0.2, 0.25) is 0 Å². The van der Waals surface area contributed by atoms with E-state index < -0.39 is 36.3 Å². The van der Waals surface area contributed by atoms with E-state index in [2.05, 4.69) is 21.3 Å². The Morgan fingerprint density at radius 1 is 1.12 bits per heavy atom. The van der Waals surface area contributed by atoms with Crippen molar-refractivity contribution in [2.75, 3.05) is 19.6 Å². The molecule has 0 aromatic rings. The topological polar surface area (TPSA) is 180 Å². The highest BCUT2D eigenvalue weighted by atomic mass is 16.4. The van der Waals surface area contributed by atoms with Gasteiger partial charge < -0.3 is 32.1 Å². The zero-order valence-electron chi connectivity index (χ0n) is 13.7. The Balaban J connectivity index is 2.26. The Morgan fingerprint density at radius 2 is 1.80 bits per heavy atom. The number of carboxylic acids is 1. The molecule has 0 bridgehead atoms. The number of rotatable bonds is 10. The highest BCUT2D eigenvalue weighted by Crippen LogP contribution is 2.04. The standard InChI is InChI=1S/C14H23N5O6/c15-10(20)4-3-9(14(24)25)19-12(22)7-17-11(21)6-18-13(23)8-2-1-5-16-8/h8-9,16H,1-7H2,(H2,15,20)(H,17,21)(H,18,23)(H,19,22)(H,24,25). The van der Waals surface area contributed by atoms with Crippen LogP contribution in [0.5, 0.6) is 0 Å². The molecule has 1 aliphatic rings. The number of nitrogens with one attached hydrogen (secondary N) is 4. The summed E-state index contributed by atoms with van der Waals surface area (Å²) < 4.78 is 0. The summed E-state index contributed by atoms with van der Waals surface area (Å²) in [5.41, 5.74) is 4.93. The van der Waals surface area contributed by atoms with E-state index in [1.165, 1.54) is 0 Å². The summed E-state index contributed by atoms with van der Waals surface area (Å²) in [5.74, 6) is -3.58. The summed E-state index contributed by atoms with van der Waals surface area (Å²) in [6, 6.07) is -1.58. The number of carbonyl (C=O) groups excluding carboxylic acids is 4. The van der Waals surface area contributed by atoms with Crippen LogP contribution in [0, 0.1) is 0 Å². The lowest BCUT2D eigenvalue weighted by Gasteiger charge is -2.14. The molecular formula is C14H23N5O6. The molecule has 0 radical (unpaired) electrons. The van der Waals surface area contributed by atoms with Crippen molar-refractivity contribution >= 4 is 29.6 Å². The van der Waals surface area contributed by atoms with E-state index in [1.54, 1.807) is 0 Å². The molecule has 11 heteroatoms. The van der Waals surface area contributed by atoms with Crippen LogP contribution in [0.1, 0.15) is 25.7 Å². The van der Waals surface area contributed by atoms with Gasteiger partial charge in [0.1, 0.15) is 6.04 Å². The van der Waals surface area contributed by atoms with E-state index in [-0.39, 0.29) is 31.3 Å². The minimum atomic E-state index is -1.31. The highest BCUT2D eigenvalue weighted by molar-refractivity contribution is 5.91. The van der Waals surface area contributed by atoms with Crippen molar-refractivity contribution in [3.8, 4) is 0 Å². The number of primary amides is 1. The van der Waals surface area contributed by atoms with Crippen molar-refractivity contribution < 1.29 is 29.1 Å². The number of nitrogens with two attached hydrogens (primary N) is 1. The fourth-order valence-corrected chi connectivity index (χ4v) is 2.23. The van der Waals surface area contributed by atoms with E-state index >= 15 is 0 Å². The fourth-order valence-electron chi connectivity index (χ4n) is 2.23. The first kappa shape index (κ1) is 20.4. The zero-order valence-corrected chi connectivity index (χ0v) is 13.7. The molecule has 1 aliphatic heterocycles. The minimum absolute atomic E-state index is 0.144. The molecule has 2 unspecified atom stereocenters. The minimum Gasteiger partial charge on any atom is -0.480 e. The van der Waals surface area contributed by atoms with Crippen LogP contribution < -0.4 is 27.0 Å². The summed E-state index contributed by atoms with van der Waals surface area (Å²) >= 11 is 0. The number of hydrogen-bond donors (Lipinski definition) is 6. The van der Waals surface area contributed by atoms with Crippen molar-refractivity contribution in [3.05, 3.63) is 0 Å². The number of carboxylic acid groups (broad SMARTS) is 1. The van der Waals surface area contributed by atoms with Gasteiger partial charge in [0.15, 0.2) is 0 Å². The van der Waals surface area contributed by atoms with Gasteiger partial charge in [-0.25, -0.2) is 4.79 Å².